The number of hydrogen-bond acceptors (Lipinski definition) is 2. The van der Waals surface area contributed by atoms with Crippen LogP contribution in [0.5, 0.6) is 5.75 Å². The molecule has 1 aromatic heterocycles. The summed E-state index contributed by atoms with van der Waals surface area (Å²) in [7, 11) is 0. The molecule has 1 aliphatic carbocycles. The van der Waals surface area contributed by atoms with Crippen LogP contribution in [-0.4, -0.2) is 17.5 Å². The summed E-state index contributed by atoms with van der Waals surface area (Å²) in [5.41, 5.74) is 0. The summed E-state index contributed by atoms with van der Waals surface area (Å²) in [5.74, 6) is -1.87. The van der Waals surface area contributed by atoms with E-state index in [4.69, 9.17) is 4.74 Å². The molecule has 0 spiro atoms. The van der Waals surface area contributed by atoms with Gasteiger partial charge in [-0.25, -0.2) is 13.8 Å². The third-order valence-electron chi connectivity index (χ3n) is 2.36. The first kappa shape index (κ1) is 10.8. The molecule has 0 aliphatic heterocycles. The Bertz CT molecular complexity index is 334. The standard InChI is InChI=1S/C10H10BrF2NO/c11-9-2-1-8(5-14-9)15-6-7-3-10(12,13)4-7/h1-2,5,7H,3-4,6H2. The van der Waals surface area contributed by atoms with Gasteiger partial charge in [0, 0.05) is 18.8 Å². The summed E-state index contributed by atoms with van der Waals surface area (Å²) < 4.78 is 31.1. The Morgan fingerprint density at radius 2 is 2.20 bits per heavy atom. The Morgan fingerprint density at radius 1 is 1.47 bits per heavy atom. The molecule has 0 aromatic carbocycles. The lowest BCUT2D eigenvalue weighted by Crippen LogP contribution is -2.38. The molecule has 0 bridgehead atoms. The number of pyridine rings is 1. The average Bonchev–Trinajstić information content (AvgIpc) is 2.14. The molecule has 2 nitrogen and oxygen atoms in total. The molecule has 1 aromatic rings. The summed E-state index contributed by atoms with van der Waals surface area (Å²) in [5, 5.41) is 0. The predicted octanol–water partition coefficient (Wildman–Crippen LogP) is 3.27. The highest BCUT2D eigenvalue weighted by Gasteiger charge is 2.45. The number of nitrogens with zero attached hydrogens (tertiary/aromatic N) is 1. The van der Waals surface area contributed by atoms with Crippen molar-refractivity contribution in [1.29, 1.82) is 0 Å². The van der Waals surface area contributed by atoms with E-state index in [2.05, 4.69) is 20.9 Å². The molecular formula is C10H10BrF2NO. The molecule has 0 radical (unpaired) electrons. The summed E-state index contributed by atoms with van der Waals surface area (Å²) in [6.07, 6.45) is 1.45. The molecule has 82 valence electrons. The molecule has 0 atom stereocenters. The lowest BCUT2D eigenvalue weighted by molar-refractivity contribution is -0.119. The van der Waals surface area contributed by atoms with Crippen LogP contribution in [0.3, 0.4) is 0 Å². The van der Waals surface area contributed by atoms with Gasteiger partial charge in [-0.1, -0.05) is 0 Å². The van der Waals surface area contributed by atoms with Crippen molar-refractivity contribution in [2.75, 3.05) is 6.61 Å². The van der Waals surface area contributed by atoms with Crippen LogP contribution in [0.1, 0.15) is 12.8 Å². The highest BCUT2D eigenvalue weighted by molar-refractivity contribution is 9.10. The summed E-state index contributed by atoms with van der Waals surface area (Å²) in [6, 6.07) is 3.51. The summed E-state index contributed by atoms with van der Waals surface area (Å²) in [4.78, 5) is 3.97. The Labute approximate surface area is 94.8 Å². The maximum atomic E-state index is 12.5. The molecular weight excluding hydrogens is 268 g/mol. The fourth-order valence-corrected chi connectivity index (χ4v) is 1.80. The molecule has 0 N–H and O–H groups in total. The molecule has 15 heavy (non-hydrogen) atoms. The Balaban J connectivity index is 1.77. The Morgan fingerprint density at radius 3 is 2.73 bits per heavy atom. The van der Waals surface area contributed by atoms with Crippen LogP contribution >= 0.6 is 15.9 Å². The number of hydrogen-bond donors (Lipinski definition) is 0. The van der Waals surface area contributed by atoms with E-state index in [9.17, 15) is 8.78 Å². The van der Waals surface area contributed by atoms with Gasteiger partial charge in [0.25, 0.3) is 0 Å². The predicted molar refractivity (Wildman–Crippen MR) is 55.1 cm³/mol. The van der Waals surface area contributed by atoms with Crippen molar-refractivity contribution in [3.8, 4) is 5.75 Å². The van der Waals surface area contributed by atoms with Crippen molar-refractivity contribution >= 4 is 15.9 Å². The fourth-order valence-electron chi connectivity index (χ4n) is 1.56. The molecule has 0 saturated heterocycles. The van der Waals surface area contributed by atoms with E-state index in [-0.39, 0.29) is 18.8 Å². The molecule has 0 amide bonds. The zero-order valence-electron chi connectivity index (χ0n) is 7.92. The minimum atomic E-state index is -2.47. The zero-order valence-corrected chi connectivity index (χ0v) is 9.51. The van der Waals surface area contributed by atoms with Gasteiger partial charge < -0.3 is 4.74 Å². The van der Waals surface area contributed by atoms with Crippen LogP contribution in [0.25, 0.3) is 0 Å². The SMILES string of the molecule is FC1(F)CC(COc2ccc(Br)nc2)C1. The first-order valence-electron chi connectivity index (χ1n) is 4.67. The molecule has 2 rings (SSSR count). The number of aromatic nitrogens is 1. The van der Waals surface area contributed by atoms with Gasteiger partial charge >= 0.3 is 0 Å². The van der Waals surface area contributed by atoms with Crippen molar-refractivity contribution in [3.05, 3.63) is 22.9 Å². The van der Waals surface area contributed by atoms with Crippen molar-refractivity contribution in [3.63, 3.8) is 0 Å². The van der Waals surface area contributed by atoms with Gasteiger partial charge in [0.2, 0.25) is 5.92 Å². The number of ether oxygens (including phenoxy) is 1. The van der Waals surface area contributed by atoms with Crippen LogP contribution in [0.15, 0.2) is 22.9 Å². The van der Waals surface area contributed by atoms with Gasteiger partial charge in [-0.15, -0.1) is 0 Å². The summed E-state index contributed by atoms with van der Waals surface area (Å²) >= 11 is 3.20. The quantitative estimate of drug-likeness (QED) is 0.792. The zero-order chi connectivity index (χ0) is 10.9. The number of rotatable bonds is 3. The van der Waals surface area contributed by atoms with E-state index < -0.39 is 5.92 Å². The van der Waals surface area contributed by atoms with Crippen molar-refractivity contribution in [2.24, 2.45) is 5.92 Å². The van der Waals surface area contributed by atoms with Gasteiger partial charge in [-0.3, -0.25) is 0 Å². The Hall–Kier alpha value is -0.710. The second kappa shape index (κ2) is 4.04. The maximum absolute atomic E-state index is 12.5. The third-order valence-corrected chi connectivity index (χ3v) is 2.83. The third kappa shape index (κ3) is 2.87. The van der Waals surface area contributed by atoms with Gasteiger partial charge in [0.1, 0.15) is 10.4 Å². The largest absolute Gasteiger partial charge is 0.492 e. The molecule has 1 heterocycles. The minimum Gasteiger partial charge on any atom is -0.492 e. The lowest BCUT2D eigenvalue weighted by Gasteiger charge is -2.34. The second-order valence-corrected chi connectivity index (χ2v) is 4.57. The average molecular weight is 278 g/mol. The normalized spacial score (nSPS) is 19.7. The van der Waals surface area contributed by atoms with E-state index in [0.717, 1.165) is 4.60 Å². The van der Waals surface area contributed by atoms with Crippen LogP contribution in [0.4, 0.5) is 8.78 Å². The van der Waals surface area contributed by atoms with Crippen molar-refractivity contribution in [1.82, 2.24) is 4.98 Å². The molecule has 1 saturated carbocycles. The number of halogens is 3. The van der Waals surface area contributed by atoms with E-state index >= 15 is 0 Å². The lowest BCUT2D eigenvalue weighted by atomic mass is 9.82. The van der Waals surface area contributed by atoms with Crippen LogP contribution in [0, 0.1) is 5.92 Å². The fraction of sp³-hybridized carbons (Fsp3) is 0.500. The van der Waals surface area contributed by atoms with Gasteiger partial charge in [-0.05, 0) is 28.1 Å². The monoisotopic (exact) mass is 277 g/mol. The molecule has 0 unspecified atom stereocenters. The van der Waals surface area contributed by atoms with Gasteiger partial charge in [0.05, 0.1) is 12.8 Å². The molecule has 5 heteroatoms. The Kier molecular flexibility index (Phi) is 2.91. The van der Waals surface area contributed by atoms with E-state index in [1.165, 1.54) is 0 Å². The maximum Gasteiger partial charge on any atom is 0.248 e. The van der Waals surface area contributed by atoms with Crippen molar-refractivity contribution < 1.29 is 13.5 Å². The van der Waals surface area contributed by atoms with E-state index in [1.807, 2.05) is 0 Å². The highest BCUT2D eigenvalue weighted by atomic mass is 79.9. The van der Waals surface area contributed by atoms with E-state index in [1.54, 1.807) is 18.3 Å². The van der Waals surface area contributed by atoms with Crippen molar-refractivity contribution in [2.45, 2.75) is 18.8 Å². The smallest absolute Gasteiger partial charge is 0.248 e. The highest BCUT2D eigenvalue weighted by Crippen LogP contribution is 2.42. The topological polar surface area (TPSA) is 22.1 Å². The van der Waals surface area contributed by atoms with E-state index in [0.29, 0.717) is 12.4 Å². The van der Waals surface area contributed by atoms with Crippen LogP contribution in [-0.2, 0) is 0 Å². The van der Waals surface area contributed by atoms with Crippen LogP contribution in [0.2, 0.25) is 0 Å². The summed E-state index contributed by atoms with van der Waals surface area (Å²) in [6.45, 7) is 0.346. The minimum absolute atomic E-state index is 0.0244. The number of alkyl halides is 2. The first-order chi connectivity index (χ1) is 7.05. The molecule has 1 fully saturated rings. The second-order valence-electron chi connectivity index (χ2n) is 3.76. The first-order valence-corrected chi connectivity index (χ1v) is 5.47. The van der Waals surface area contributed by atoms with Crippen LogP contribution < -0.4 is 4.74 Å². The van der Waals surface area contributed by atoms with Gasteiger partial charge in [-0.2, -0.15) is 0 Å². The van der Waals surface area contributed by atoms with Gasteiger partial charge in [0.15, 0.2) is 0 Å². The molecule has 1 aliphatic rings.